The number of nitro groups is 1. The van der Waals surface area contributed by atoms with Gasteiger partial charge in [-0.15, -0.1) is 0 Å². The molecule has 0 saturated heterocycles. The molecule has 0 radical (unpaired) electrons. The summed E-state index contributed by atoms with van der Waals surface area (Å²) in [6.45, 7) is 5.84. The van der Waals surface area contributed by atoms with Crippen LogP contribution in [0.3, 0.4) is 0 Å². The molecule has 1 N–H and O–H groups in total. The van der Waals surface area contributed by atoms with Gasteiger partial charge in [0.1, 0.15) is 5.60 Å². The molecule has 0 unspecified atom stereocenters. The van der Waals surface area contributed by atoms with E-state index in [4.69, 9.17) is 4.74 Å². The molecular weight excluding hydrogens is 304 g/mol. The van der Waals surface area contributed by atoms with Gasteiger partial charge < -0.3 is 10.1 Å². The number of non-ortho nitro benzene ring substituents is 1. The summed E-state index contributed by atoms with van der Waals surface area (Å²) in [6, 6.07) is 4.84. The lowest BCUT2D eigenvalue weighted by Gasteiger charge is -2.19. The molecule has 7 heteroatoms. The molecule has 0 bridgehead atoms. The fourth-order valence-electron chi connectivity index (χ4n) is 1.87. The number of benzene rings is 1. The van der Waals surface area contributed by atoms with Gasteiger partial charge in [0.25, 0.3) is 5.69 Å². The van der Waals surface area contributed by atoms with Crippen molar-refractivity contribution in [3.8, 4) is 0 Å². The molecule has 0 aliphatic heterocycles. The number of hydrogen-bond acceptors (Lipinski definition) is 5. The smallest absolute Gasteiger partial charge is 0.407 e. The van der Waals surface area contributed by atoms with Crippen LogP contribution in [0, 0.1) is 10.1 Å². The fourth-order valence-corrected chi connectivity index (χ4v) is 2.45. The first-order valence-electron chi connectivity index (χ1n) is 6.95. The number of nitrogens with one attached hydrogen (secondary N) is 1. The molecule has 6 nitrogen and oxygen atoms in total. The normalized spacial score (nSPS) is 11.1. The molecule has 0 heterocycles. The van der Waals surface area contributed by atoms with Crippen molar-refractivity contribution >= 4 is 23.5 Å². The molecule has 22 heavy (non-hydrogen) atoms. The lowest BCUT2D eigenvalue weighted by molar-refractivity contribution is -0.384. The number of carbonyl (C=O) groups excluding carboxylic acids is 1. The Bertz CT molecular complexity index is 541. The lowest BCUT2D eigenvalue weighted by atomic mass is 10.0. The van der Waals surface area contributed by atoms with Gasteiger partial charge in [-0.05, 0) is 44.6 Å². The van der Waals surface area contributed by atoms with Crippen molar-refractivity contribution in [3.63, 3.8) is 0 Å². The molecule has 1 amide bonds. The predicted octanol–water partition coefficient (Wildman–Crippen LogP) is 3.53. The first kappa shape index (κ1) is 18.3. The Hall–Kier alpha value is -1.76. The van der Waals surface area contributed by atoms with Crippen molar-refractivity contribution in [3.05, 3.63) is 39.4 Å². The van der Waals surface area contributed by atoms with Crippen LogP contribution in [0.2, 0.25) is 0 Å². The van der Waals surface area contributed by atoms with Crippen molar-refractivity contribution in [1.29, 1.82) is 0 Å². The van der Waals surface area contributed by atoms with Crippen molar-refractivity contribution in [2.24, 2.45) is 0 Å². The van der Waals surface area contributed by atoms with E-state index in [9.17, 15) is 14.9 Å². The van der Waals surface area contributed by atoms with Crippen LogP contribution in [0.1, 0.15) is 31.9 Å². The highest BCUT2D eigenvalue weighted by Crippen LogP contribution is 2.21. The number of alkyl carbamates (subject to hydrolysis) is 1. The Labute approximate surface area is 134 Å². The Morgan fingerprint density at radius 2 is 2.05 bits per heavy atom. The van der Waals surface area contributed by atoms with E-state index in [2.05, 4.69) is 5.32 Å². The number of hydrogen-bond donors (Lipinski definition) is 1. The number of carbonyl (C=O) groups is 1. The Morgan fingerprint density at radius 1 is 1.36 bits per heavy atom. The highest BCUT2D eigenvalue weighted by molar-refractivity contribution is 7.97. The largest absolute Gasteiger partial charge is 0.444 e. The minimum absolute atomic E-state index is 0.0906. The van der Waals surface area contributed by atoms with Crippen LogP contribution in [0.25, 0.3) is 0 Å². The summed E-state index contributed by atoms with van der Waals surface area (Å²) in [5, 5.41) is 13.5. The second-order valence-electron chi connectivity index (χ2n) is 5.82. The summed E-state index contributed by atoms with van der Waals surface area (Å²) < 4.78 is 5.16. The van der Waals surface area contributed by atoms with E-state index in [1.165, 1.54) is 6.07 Å². The average molecular weight is 326 g/mol. The SMILES string of the molecule is CSCc1cc([N+](=O)[O-])ccc1CCNC(=O)OC(C)(C)C. The first-order chi connectivity index (χ1) is 10.2. The Balaban J connectivity index is 2.65. The van der Waals surface area contributed by atoms with Gasteiger partial charge in [-0.2, -0.15) is 11.8 Å². The van der Waals surface area contributed by atoms with Gasteiger partial charge in [0.2, 0.25) is 0 Å². The van der Waals surface area contributed by atoms with Crippen LogP contribution >= 0.6 is 11.8 Å². The maximum atomic E-state index is 11.6. The van der Waals surface area contributed by atoms with Crippen LogP contribution in [-0.2, 0) is 16.9 Å². The van der Waals surface area contributed by atoms with E-state index in [0.29, 0.717) is 18.7 Å². The minimum Gasteiger partial charge on any atom is -0.444 e. The number of ether oxygens (including phenoxy) is 1. The summed E-state index contributed by atoms with van der Waals surface area (Å²) in [5.41, 5.74) is 1.48. The summed E-state index contributed by atoms with van der Waals surface area (Å²) in [6.07, 6.45) is 2.09. The van der Waals surface area contributed by atoms with Crippen LogP contribution in [0.4, 0.5) is 10.5 Å². The Kier molecular flexibility index (Phi) is 6.67. The number of nitro benzene ring substituents is 1. The highest BCUT2D eigenvalue weighted by Gasteiger charge is 2.16. The first-order valence-corrected chi connectivity index (χ1v) is 8.34. The lowest BCUT2D eigenvalue weighted by Crippen LogP contribution is -2.33. The van der Waals surface area contributed by atoms with Crippen molar-refractivity contribution < 1.29 is 14.5 Å². The molecule has 0 fully saturated rings. The zero-order valence-electron chi connectivity index (χ0n) is 13.3. The molecule has 1 aromatic carbocycles. The van der Waals surface area contributed by atoms with E-state index in [1.54, 1.807) is 44.7 Å². The molecule has 0 aliphatic rings. The van der Waals surface area contributed by atoms with E-state index in [-0.39, 0.29) is 5.69 Å². The predicted molar refractivity (Wildman–Crippen MR) is 88.3 cm³/mol. The summed E-state index contributed by atoms with van der Waals surface area (Å²) >= 11 is 1.60. The van der Waals surface area contributed by atoms with Gasteiger partial charge in [0, 0.05) is 24.4 Å². The van der Waals surface area contributed by atoms with E-state index < -0.39 is 16.6 Å². The van der Waals surface area contributed by atoms with Gasteiger partial charge in [0.05, 0.1) is 4.92 Å². The van der Waals surface area contributed by atoms with E-state index in [0.717, 1.165) is 11.1 Å². The topological polar surface area (TPSA) is 81.5 Å². The summed E-state index contributed by atoms with van der Waals surface area (Å²) in [5.74, 6) is 0.698. The maximum Gasteiger partial charge on any atom is 0.407 e. The van der Waals surface area contributed by atoms with Crippen LogP contribution in [-0.4, -0.2) is 29.4 Å². The zero-order chi connectivity index (χ0) is 16.8. The Morgan fingerprint density at radius 3 is 2.59 bits per heavy atom. The average Bonchev–Trinajstić information content (AvgIpc) is 2.38. The quantitative estimate of drug-likeness (QED) is 0.639. The molecule has 0 saturated carbocycles. The molecule has 122 valence electrons. The molecule has 0 aliphatic carbocycles. The summed E-state index contributed by atoms with van der Waals surface area (Å²) in [4.78, 5) is 22.0. The van der Waals surface area contributed by atoms with Crippen molar-refractivity contribution in [2.75, 3.05) is 12.8 Å². The number of thioether (sulfide) groups is 1. The molecule has 0 atom stereocenters. The number of rotatable bonds is 6. The molecular formula is C15H22N2O4S. The highest BCUT2D eigenvalue weighted by atomic mass is 32.2. The van der Waals surface area contributed by atoms with Gasteiger partial charge in [-0.25, -0.2) is 4.79 Å². The third-order valence-electron chi connectivity index (χ3n) is 2.76. The van der Waals surface area contributed by atoms with Crippen LogP contribution in [0.5, 0.6) is 0 Å². The molecule has 1 aromatic rings. The van der Waals surface area contributed by atoms with Gasteiger partial charge in [-0.1, -0.05) is 6.07 Å². The monoisotopic (exact) mass is 326 g/mol. The van der Waals surface area contributed by atoms with Crippen LogP contribution in [0.15, 0.2) is 18.2 Å². The minimum atomic E-state index is -0.526. The van der Waals surface area contributed by atoms with Crippen molar-refractivity contribution in [2.45, 2.75) is 38.5 Å². The van der Waals surface area contributed by atoms with E-state index >= 15 is 0 Å². The van der Waals surface area contributed by atoms with Crippen LogP contribution < -0.4 is 5.32 Å². The van der Waals surface area contributed by atoms with E-state index in [1.807, 2.05) is 6.26 Å². The zero-order valence-corrected chi connectivity index (χ0v) is 14.2. The number of amides is 1. The van der Waals surface area contributed by atoms with Gasteiger partial charge >= 0.3 is 6.09 Å². The third kappa shape index (κ3) is 6.34. The fraction of sp³-hybridized carbons (Fsp3) is 0.533. The second-order valence-corrected chi connectivity index (χ2v) is 6.69. The third-order valence-corrected chi connectivity index (χ3v) is 3.36. The summed E-state index contributed by atoms with van der Waals surface area (Å²) in [7, 11) is 0. The van der Waals surface area contributed by atoms with Gasteiger partial charge in [0.15, 0.2) is 0 Å². The van der Waals surface area contributed by atoms with Crippen molar-refractivity contribution in [1.82, 2.24) is 5.32 Å². The molecule has 0 spiro atoms. The number of nitrogens with zero attached hydrogens (tertiary/aromatic N) is 1. The second kappa shape index (κ2) is 8.03. The molecule has 0 aromatic heterocycles. The maximum absolute atomic E-state index is 11.6. The molecule has 1 rings (SSSR count). The standard InChI is InChI=1S/C15H22N2O4S/c1-15(2,3)21-14(18)16-8-7-11-5-6-13(17(19)20)9-12(11)10-22-4/h5-6,9H,7-8,10H2,1-4H3,(H,16,18). The van der Waals surface area contributed by atoms with Gasteiger partial charge in [-0.3, -0.25) is 10.1 Å².